The Balaban J connectivity index is 3.37. The van der Waals surface area contributed by atoms with Crippen molar-refractivity contribution in [2.45, 2.75) is 12.6 Å². The summed E-state index contributed by atoms with van der Waals surface area (Å²) in [6.45, 7) is 3.84. The van der Waals surface area contributed by atoms with Crippen LogP contribution in [0.5, 0.6) is 0 Å². The molecule has 0 spiro atoms. The lowest BCUT2D eigenvalue weighted by Gasteiger charge is -2.14. The second-order valence-corrected chi connectivity index (χ2v) is 2.22. The highest BCUT2D eigenvalue weighted by atomic mass is 19.1. The van der Waals surface area contributed by atoms with Gasteiger partial charge in [0.05, 0.1) is 13.2 Å². The molecule has 0 aromatic heterocycles. The van der Waals surface area contributed by atoms with Crippen molar-refractivity contribution in [3.63, 3.8) is 0 Å². The maximum Gasteiger partial charge on any atom is 0.149 e. The molecule has 10 heavy (non-hydrogen) atoms. The molecule has 3 heteroatoms. The number of halogens is 2. The van der Waals surface area contributed by atoms with Crippen LogP contribution in [-0.4, -0.2) is 25.6 Å². The van der Waals surface area contributed by atoms with E-state index in [-0.39, 0.29) is 13.2 Å². The van der Waals surface area contributed by atoms with Crippen LogP contribution in [0.3, 0.4) is 0 Å². The van der Waals surface area contributed by atoms with Crippen molar-refractivity contribution >= 4 is 0 Å². The van der Waals surface area contributed by atoms with Crippen molar-refractivity contribution in [1.29, 1.82) is 0 Å². The van der Waals surface area contributed by atoms with E-state index in [1.807, 2.05) is 0 Å². The highest BCUT2D eigenvalue weighted by Gasteiger charge is 2.17. The first kappa shape index (κ1) is 9.56. The minimum atomic E-state index is -1.53. The molecule has 0 N–H and O–H groups in total. The van der Waals surface area contributed by atoms with Crippen molar-refractivity contribution in [3.05, 3.63) is 12.7 Å². The van der Waals surface area contributed by atoms with Crippen molar-refractivity contribution in [2.24, 2.45) is 0 Å². The molecule has 0 radical (unpaired) electrons. The van der Waals surface area contributed by atoms with Gasteiger partial charge in [-0.25, -0.2) is 8.78 Å². The molecule has 0 aromatic carbocycles. The molecule has 1 nitrogen and oxygen atoms in total. The average molecular weight is 150 g/mol. The van der Waals surface area contributed by atoms with Gasteiger partial charge in [-0.1, -0.05) is 12.7 Å². The first-order valence-electron chi connectivity index (χ1n) is 3.08. The van der Waals surface area contributed by atoms with E-state index in [0.717, 1.165) is 6.08 Å². The van der Waals surface area contributed by atoms with Crippen LogP contribution in [0.4, 0.5) is 8.78 Å². The van der Waals surface area contributed by atoms with E-state index in [0.29, 0.717) is 0 Å². The van der Waals surface area contributed by atoms with Crippen LogP contribution in [0.1, 0.15) is 6.92 Å². The van der Waals surface area contributed by atoms with Crippen molar-refractivity contribution < 1.29 is 13.5 Å². The molecular weight excluding hydrogens is 138 g/mol. The van der Waals surface area contributed by atoms with Crippen LogP contribution in [0, 0.1) is 0 Å². The second-order valence-electron chi connectivity index (χ2n) is 2.22. The van der Waals surface area contributed by atoms with Gasteiger partial charge in [0.1, 0.15) is 12.3 Å². The fourth-order valence-electron chi connectivity index (χ4n) is 0.385. The first-order chi connectivity index (χ1) is 4.62. The number of rotatable bonds is 5. The number of ether oxygens (including phenoxy) is 1. The van der Waals surface area contributed by atoms with E-state index in [2.05, 4.69) is 11.3 Å². The Kier molecular flexibility index (Phi) is 4.19. The van der Waals surface area contributed by atoms with Crippen LogP contribution >= 0.6 is 0 Å². The third-order valence-electron chi connectivity index (χ3n) is 1.03. The molecule has 0 aliphatic heterocycles. The summed E-state index contributed by atoms with van der Waals surface area (Å²) >= 11 is 0. The topological polar surface area (TPSA) is 9.23 Å². The van der Waals surface area contributed by atoms with Gasteiger partial charge in [0, 0.05) is 0 Å². The summed E-state index contributed by atoms with van der Waals surface area (Å²) in [6.07, 6.45) is 1.14. The van der Waals surface area contributed by atoms with E-state index in [1.165, 1.54) is 6.92 Å². The summed E-state index contributed by atoms with van der Waals surface area (Å²) in [5, 5.41) is 0. The van der Waals surface area contributed by atoms with Crippen molar-refractivity contribution in [3.8, 4) is 0 Å². The van der Waals surface area contributed by atoms with E-state index >= 15 is 0 Å². The van der Waals surface area contributed by atoms with E-state index in [4.69, 9.17) is 0 Å². The number of hydrogen-bond donors (Lipinski definition) is 0. The van der Waals surface area contributed by atoms with Crippen LogP contribution in [0.2, 0.25) is 0 Å². The van der Waals surface area contributed by atoms with Gasteiger partial charge in [0.2, 0.25) is 0 Å². The largest absolute Gasteiger partial charge is 0.375 e. The summed E-state index contributed by atoms with van der Waals surface area (Å²) in [4.78, 5) is 0. The summed E-state index contributed by atoms with van der Waals surface area (Å²) in [7, 11) is 0. The second kappa shape index (κ2) is 4.39. The Morgan fingerprint density at radius 3 is 2.70 bits per heavy atom. The molecule has 0 saturated heterocycles. The van der Waals surface area contributed by atoms with Crippen LogP contribution in [0.25, 0.3) is 0 Å². The third kappa shape index (κ3) is 4.44. The molecule has 0 fully saturated rings. The van der Waals surface area contributed by atoms with Crippen LogP contribution < -0.4 is 0 Å². The molecule has 0 heterocycles. The Morgan fingerprint density at radius 2 is 2.30 bits per heavy atom. The summed E-state index contributed by atoms with van der Waals surface area (Å²) in [6, 6.07) is 0. The fourth-order valence-corrected chi connectivity index (χ4v) is 0.385. The van der Waals surface area contributed by atoms with Gasteiger partial charge in [-0.3, -0.25) is 0 Å². The fraction of sp³-hybridized carbons (Fsp3) is 0.714. The maximum atomic E-state index is 12.8. The lowest BCUT2D eigenvalue weighted by Crippen LogP contribution is -2.22. The molecule has 0 bridgehead atoms. The molecule has 0 aliphatic rings. The Hall–Kier alpha value is -0.440. The Morgan fingerprint density at radius 1 is 1.70 bits per heavy atom. The summed E-state index contributed by atoms with van der Waals surface area (Å²) in [5.74, 6) is 0. The summed E-state index contributed by atoms with van der Waals surface area (Å²) in [5.41, 5.74) is -1.53. The molecule has 60 valence electrons. The lowest BCUT2D eigenvalue weighted by molar-refractivity contribution is 0.0458. The Bertz CT molecular complexity index is 102. The van der Waals surface area contributed by atoms with Gasteiger partial charge in [0.25, 0.3) is 0 Å². The minimum absolute atomic E-state index is 0.0483. The van der Waals surface area contributed by atoms with Crippen molar-refractivity contribution in [1.82, 2.24) is 0 Å². The maximum absolute atomic E-state index is 12.8. The predicted octanol–water partition coefficient (Wildman–Crippen LogP) is 1.89. The van der Waals surface area contributed by atoms with Crippen LogP contribution in [-0.2, 0) is 4.74 Å². The first-order valence-corrected chi connectivity index (χ1v) is 3.08. The number of hydrogen-bond acceptors (Lipinski definition) is 1. The molecule has 0 aliphatic carbocycles. The van der Waals surface area contributed by atoms with E-state index < -0.39 is 12.3 Å². The SMILES string of the molecule is C=CC(C)(F)COCCF. The zero-order valence-corrected chi connectivity index (χ0v) is 6.07. The smallest absolute Gasteiger partial charge is 0.149 e. The Labute approximate surface area is 59.7 Å². The molecule has 0 rings (SSSR count). The van der Waals surface area contributed by atoms with Gasteiger partial charge < -0.3 is 4.74 Å². The minimum Gasteiger partial charge on any atom is -0.375 e. The normalized spacial score (nSPS) is 16.3. The molecule has 1 atom stereocenters. The van der Waals surface area contributed by atoms with Gasteiger partial charge in [-0.15, -0.1) is 0 Å². The van der Waals surface area contributed by atoms with E-state index in [1.54, 1.807) is 0 Å². The highest BCUT2D eigenvalue weighted by molar-refractivity contribution is 4.91. The zero-order chi connectivity index (χ0) is 8.04. The zero-order valence-electron chi connectivity index (χ0n) is 6.07. The predicted molar refractivity (Wildman–Crippen MR) is 36.5 cm³/mol. The quantitative estimate of drug-likeness (QED) is 0.429. The van der Waals surface area contributed by atoms with Gasteiger partial charge >= 0.3 is 0 Å². The van der Waals surface area contributed by atoms with Gasteiger partial charge in [0.15, 0.2) is 0 Å². The van der Waals surface area contributed by atoms with Crippen molar-refractivity contribution in [2.75, 3.05) is 19.9 Å². The molecule has 0 amide bonds. The monoisotopic (exact) mass is 150 g/mol. The molecule has 0 aromatic rings. The molecular formula is C7H12F2O. The highest BCUT2D eigenvalue weighted by Crippen LogP contribution is 2.10. The van der Waals surface area contributed by atoms with Crippen LogP contribution in [0.15, 0.2) is 12.7 Å². The average Bonchev–Trinajstić information content (AvgIpc) is 1.89. The van der Waals surface area contributed by atoms with Gasteiger partial charge in [-0.05, 0) is 6.92 Å². The summed E-state index contributed by atoms with van der Waals surface area (Å²) < 4.78 is 28.8. The molecule has 0 saturated carbocycles. The standard InChI is InChI=1S/C7H12F2O/c1-3-7(2,9)6-10-5-4-8/h3H,1,4-6H2,2H3. The van der Waals surface area contributed by atoms with Gasteiger partial charge in [-0.2, -0.15) is 0 Å². The third-order valence-corrected chi connectivity index (χ3v) is 1.03. The molecule has 1 unspecified atom stereocenters. The number of alkyl halides is 2. The lowest BCUT2D eigenvalue weighted by atomic mass is 10.1. The van der Waals surface area contributed by atoms with E-state index in [9.17, 15) is 8.78 Å².